The summed E-state index contributed by atoms with van der Waals surface area (Å²) in [6.45, 7) is 12.6. The van der Waals surface area contributed by atoms with Crippen molar-refractivity contribution in [1.82, 2.24) is 0 Å². The van der Waals surface area contributed by atoms with Crippen molar-refractivity contribution in [3.8, 4) is 0 Å². The zero-order chi connectivity index (χ0) is 9.98. The van der Waals surface area contributed by atoms with E-state index in [0.717, 1.165) is 5.57 Å². The van der Waals surface area contributed by atoms with Crippen LogP contribution in [0.1, 0.15) is 27.2 Å². The first-order valence-electron chi connectivity index (χ1n) is 3.95. The molecule has 0 heterocycles. The predicted octanol–water partition coefficient (Wildman–Crippen LogP) is 3.29. The third kappa shape index (κ3) is 16.0. The Hall–Kier alpha value is -1.11. The van der Waals surface area contributed by atoms with E-state index in [9.17, 15) is 4.79 Å². The Morgan fingerprint density at radius 3 is 1.83 bits per heavy atom. The third-order valence-corrected chi connectivity index (χ3v) is 1.10. The molecule has 0 aliphatic heterocycles. The van der Waals surface area contributed by atoms with Gasteiger partial charge in [-0.1, -0.05) is 31.4 Å². The molecule has 0 aromatic carbocycles. The minimum atomic E-state index is 0.134. The number of carbonyl (C=O) groups excluding carboxylic acids is 1. The van der Waals surface area contributed by atoms with Gasteiger partial charge in [0.05, 0.1) is 0 Å². The molecule has 0 spiro atoms. The topological polar surface area (TPSA) is 17.1 Å². The molecule has 0 aromatic rings. The second-order valence-electron chi connectivity index (χ2n) is 2.41. The Balaban J connectivity index is 0. The molecule has 0 aliphatic rings. The molecule has 1 heteroatoms. The molecule has 0 fully saturated rings. The lowest BCUT2D eigenvalue weighted by Gasteiger charge is -1.89. The van der Waals surface area contributed by atoms with E-state index < -0.39 is 0 Å². The average Bonchev–Trinajstić information content (AvgIpc) is 2.04. The highest BCUT2D eigenvalue weighted by molar-refractivity contribution is 5.78. The molecule has 0 saturated carbocycles. The molecule has 0 aliphatic carbocycles. The monoisotopic (exact) mass is 166 g/mol. The first kappa shape index (κ1) is 13.5. The summed E-state index contributed by atoms with van der Waals surface area (Å²) in [4.78, 5) is 10.3. The molecule has 1 nitrogen and oxygen atoms in total. The van der Waals surface area contributed by atoms with Crippen LogP contribution in [-0.4, -0.2) is 5.78 Å². The van der Waals surface area contributed by atoms with Crippen molar-refractivity contribution < 1.29 is 4.79 Å². The summed E-state index contributed by atoms with van der Waals surface area (Å²) in [6, 6.07) is 0. The fraction of sp³-hybridized carbons (Fsp3) is 0.364. The minimum Gasteiger partial charge on any atom is -0.300 e. The van der Waals surface area contributed by atoms with Gasteiger partial charge in [0.15, 0.2) is 0 Å². The largest absolute Gasteiger partial charge is 0.300 e. The van der Waals surface area contributed by atoms with Gasteiger partial charge in [-0.2, -0.15) is 0 Å². The van der Waals surface area contributed by atoms with Gasteiger partial charge >= 0.3 is 0 Å². The van der Waals surface area contributed by atoms with Gasteiger partial charge < -0.3 is 0 Å². The molecular formula is C11H18O. The van der Waals surface area contributed by atoms with E-state index >= 15 is 0 Å². The SMILES string of the molecule is C/C=C\C.C=CC(=C)CC(C)=O. The quantitative estimate of drug-likeness (QED) is 0.464. The number of rotatable bonds is 3. The number of hydrogen-bond donors (Lipinski definition) is 0. The number of allylic oxidation sites excluding steroid dienone is 4. The fourth-order valence-electron chi connectivity index (χ4n) is 0.392. The molecule has 0 rings (SSSR count). The van der Waals surface area contributed by atoms with E-state index in [1.54, 1.807) is 6.08 Å². The minimum absolute atomic E-state index is 0.134. The van der Waals surface area contributed by atoms with Crippen LogP contribution < -0.4 is 0 Å². The van der Waals surface area contributed by atoms with Gasteiger partial charge in [0.1, 0.15) is 5.78 Å². The third-order valence-electron chi connectivity index (χ3n) is 1.10. The smallest absolute Gasteiger partial charge is 0.134 e. The molecule has 0 radical (unpaired) electrons. The molecule has 0 atom stereocenters. The fourth-order valence-corrected chi connectivity index (χ4v) is 0.392. The lowest BCUT2D eigenvalue weighted by atomic mass is 10.2. The Morgan fingerprint density at radius 2 is 1.75 bits per heavy atom. The van der Waals surface area contributed by atoms with Crippen molar-refractivity contribution in [2.24, 2.45) is 0 Å². The summed E-state index contributed by atoms with van der Waals surface area (Å²) in [6.07, 6.45) is 6.03. The van der Waals surface area contributed by atoms with Crippen molar-refractivity contribution in [3.63, 3.8) is 0 Å². The number of ketones is 1. The van der Waals surface area contributed by atoms with Crippen molar-refractivity contribution in [2.75, 3.05) is 0 Å². The Bertz CT molecular complexity index is 171. The molecule has 12 heavy (non-hydrogen) atoms. The van der Waals surface area contributed by atoms with Crippen LogP contribution in [0.25, 0.3) is 0 Å². The zero-order valence-electron chi connectivity index (χ0n) is 8.26. The summed E-state index contributed by atoms with van der Waals surface area (Å²) in [7, 11) is 0. The van der Waals surface area contributed by atoms with Gasteiger partial charge in [-0.25, -0.2) is 0 Å². The van der Waals surface area contributed by atoms with Crippen LogP contribution in [0.3, 0.4) is 0 Å². The number of Topliss-reactive ketones (excluding diaryl/α,β-unsaturated/α-hetero) is 1. The summed E-state index contributed by atoms with van der Waals surface area (Å²) in [5, 5.41) is 0. The maximum atomic E-state index is 10.3. The summed E-state index contributed by atoms with van der Waals surface area (Å²) < 4.78 is 0. The summed E-state index contributed by atoms with van der Waals surface area (Å²) >= 11 is 0. The maximum absolute atomic E-state index is 10.3. The van der Waals surface area contributed by atoms with Gasteiger partial charge in [-0.15, -0.1) is 0 Å². The Kier molecular flexibility index (Phi) is 11.1. The highest BCUT2D eigenvalue weighted by Crippen LogP contribution is 1.97. The highest BCUT2D eigenvalue weighted by atomic mass is 16.1. The van der Waals surface area contributed by atoms with Crippen LogP contribution in [0, 0.1) is 0 Å². The molecule has 0 aromatic heterocycles. The maximum Gasteiger partial charge on any atom is 0.134 e. The zero-order valence-corrected chi connectivity index (χ0v) is 8.26. The van der Waals surface area contributed by atoms with Crippen LogP contribution in [-0.2, 0) is 4.79 Å². The van der Waals surface area contributed by atoms with Crippen LogP contribution in [0.15, 0.2) is 37.0 Å². The van der Waals surface area contributed by atoms with Crippen molar-refractivity contribution in [2.45, 2.75) is 27.2 Å². The Labute approximate surface area is 75.5 Å². The Morgan fingerprint density at radius 1 is 1.33 bits per heavy atom. The first-order chi connectivity index (χ1) is 5.58. The van der Waals surface area contributed by atoms with Gasteiger partial charge in [0.25, 0.3) is 0 Å². The molecule has 0 N–H and O–H groups in total. The predicted molar refractivity (Wildman–Crippen MR) is 55.1 cm³/mol. The normalized spacial score (nSPS) is 8.58. The summed E-state index contributed by atoms with van der Waals surface area (Å²) in [5.41, 5.74) is 0.789. The van der Waals surface area contributed by atoms with Crippen LogP contribution in [0.4, 0.5) is 0 Å². The average molecular weight is 166 g/mol. The molecule has 0 saturated heterocycles. The van der Waals surface area contributed by atoms with Gasteiger partial charge in [-0.05, 0) is 26.3 Å². The number of hydrogen-bond acceptors (Lipinski definition) is 1. The van der Waals surface area contributed by atoms with Crippen LogP contribution >= 0.6 is 0 Å². The van der Waals surface area contributed by atoms with Crippen molar-refractivity contribution >= 4 is 5.78 Å². The van der Waals surface area contributed by atoms with E-state index in [2.05, 4.69) is 13.2 Å². The molecule has 68 valence electrons. The summed E-state index contributed by atoms with van der Waals surface area (Å²) in [5.74, 6) is 0.134. The van der Waals surface area contributed by atoms with Gasteiger partial charge in [0, 0.05) is 6.42 Å². The lowest BCUT2D eigenvalue weighted by Crippen LogP contribution is -1.88. The van der Waals surface area contributed by atoms with Crippen LogP contribution in [0.2, 0.25) is 0 Å². The van der Waals surface area contributed by atoms with E-state index in [0.29, 0.717) is 6.42 Å². The number of carbonyl (C=O) groups is 1. The van der Waals surface area contributed by atoms with E-state index in [1.165, 1.54) is 6.92 Å². The standard InChI is InChI=1S/C7H10O.C4H8/c1-4-6(2)5-7(3)8;1-3-4-2/h4H,1-2,5H2,3H3;3-4H,1-2H3/b;4-3-. The van der Waals surface area contributed by atoms with E-state index in [1.807, 2.05) is 26.0 Å². The van der Waals surface area contributed by atoms with E-state index in [4.69, 9.17) is 0 Å². The van der Waals surface area contributed by atoms with Gasteiger partial charge in [0.2, 0.25) is 0 Å². The molecule has 0 bridgehead atoms. The molecular weight excluding hydrogens is 148 g/mol. The van der Waals surface area contributed by atoms with Crippen molar-refractivity contribution in [3.05, 3.63) is 37.0 Å². The first-order valence-corrected chi connectivity index (χ1v) is 3.95. The lowest BCUT2D eigenvalue weighted by molar-refractivity contribution is -0.116. The van der Waals surface area contributed by atoms with Crippen molar-refractivity contribution in [1.29, 1.82) is 0 Å². The van der Waals surface area contributed by atoms with E-state index in [-0.39, 0.29) is 5.78 Å². The second kappa shape index (κ2) is 9.89. The highest BCUT2D eigenvalue weighted by Gasteiger charge is 1.91. The van der Waals surface area contributed by atoms with Gasteiger partial charge in [-0.3, -0.25) is 4.79 Å². The molecule has 0 unspecified atom stereocenters. The second-order valence-corrected chi connectivity index (χ2v) is 2.41. The van der Waals surface area contributed by atoms with Crippen LogP contribution in [0.5, 0.6) is 0 Å². The molecule has 0 amide bonds.